The molecular formula is C11H9NO2. The lowest BCUT2D eigenvalue weighted by atomic mass is 10.2. The van der Waals surface area contributed by atoms with Crippen molar-refractivity contribution in [2.24, 2.45) is 0 Å². The molecule has 0 aliphatic heterocycles. The Kier molecular flexibility index (Phi) is 3.03. The van der Waals surface area contributed by atoms with Gasteiger partial charge in [0, 0.05) is 6.07 Å². The third-order valence-corrected chi connectivity index (χ3v) is 1.51. The summed E-state index contributed by atoms with van der Waals surface area (Å²) in [5.74, 6) is 5.41. The van der Waals surface area contributed by atoms with Gasteiger partial charge in [0.2, 0.25) is 0 Å². The number of rotatable bonds is 1. The lowest BCUT2D eigenvalue weighted by Gasteiger charge is -1.93. The van der Waals surface area contributed by atoms with E-state index in [1.807, 2.05) is 0 Å². The predicted molar refractivity (Wildman–Crippen MR) is 54.8 cm³/mol. The van der Waals surface area contributed by atoms with Crippen molar-refractivity contribution >= 4 is 5.69 Å². The van der Waals surface area contributed by atoms with E-state index in [1.165, 1.54) is 6.07 Å². The third kappa shape index (κ3) is 2.46. The number of hydrogen-bond acceptors (Lipinski definition) is 2. The van der Waals surface area contributed by atoms with Gasteiger partial charge in [-0.15, -0.1) is 0 Å². The molecule has 0 bridgehead atoms. The average Bonchev–Trinajstić information content (AvgIpc) is 2.15. The second kappa shape index (κ2) is 4.24. The zero-order valence-corrected chi connectivity index (χ0v) is 7.78. The number of benzene rings is 1. The summed E-state index contributed by atoms with van der Waals surface area (Å²) in [6, 6.07) is 6.38. The van der Waals surface area contributed by atoms with Crippen molar-refractivity contribution in [1.29, 1.82) is 0 Å². The Bertz CT molecular complexity index is 438. The second-order valence-corrected chi connectivity index (χ2v) is 2.80. The van der Waals surface area contributed by atoms with Crippen molar-refractivity contribution in [1.82, 2.24) is 0 Å². The molecule has 0 heterocycles. The van der Waals surface area contributed by atoms with Crippen molar-refractivity contribution in [3.05, 3.63) is 52.1 Å². The van der Waals surface area contributed by atoms with Crippen LogP contribution in [0.3, 0.4) is 0 Å². The third-order valence-electron chi connectivity index (χ3n) is 1.51. The maximum atomic E-state index is 10.6. The van der Waals surface area contributed by atoms with Crippen LogP contribution in [0, 0.1) is 22.0 Å². The van der Waals surface area contributed by atoms with Crippen molar-refractivity contribution in [3.63, 3.8) is 0 Å². The first-order valence-electron chi connectivity index (χ1n) is 4.02. The molecule has 0 N–H and O–H groups in total. The molecule has 3 heteroatoms. The van der Waals surface area contributed by atoms with Crippen LogP contribution in [0.4, 0.5) is 5.69 Å². The average molecular weight is 187 g/mol. The van der Waals surface area contributed by atoms with Gasteiger partial charge in [-0.1, -0.05) is 30.6 Å². The van der Waals surface area contributed by atoms with Crippen molar-refractivity contribution < 1.29 is 4.92 Å². The summed E-state index contributed by atoms with van der Waals surface area (Å²) < 4.78 is 0. The lowest BCUT2D eigenvalue weighted by molar-refractivity contribution is -0.385. The zero-order valence-electron chi connectivity index (χ0n) is 7.78. The summed E-state index contributed by atoms with van der Waals surface area (Å²) in [4.78, 5) is 10.1. The van der Waals surface area contributed by atoms with Crippen LogP contribution < -0.4 is 0 Å². The van der Waals surface area contributed by atoms with Gasteiger partial charge in [0.15, 0.2) is 0 Å². The molecule has 14 heavy (non-hydrogen) atoms. The number of allylic oxidation sites excluding steroid dienone is 1. The Hall–Kier alpha value is -2.08. The van der Waals surface area contributed by atoms with Crippen LogP contribution in [0.25, 0.3) is 0 Å². The van der Waals surface area contributed by atoms with E-state index >= 15 is 0 Å². The molecule has 1 aromatic rings. The molecule has 0 atom stereocenters. The molecular weight excluding hydrogens is 178 g/mol. The van der Waals surface area contributed by atoms with Gasteiger partial charge >= 0.3 is 0 Å². The molecule has 0 saturated carbocycles. The van der Waals surface area contributed by atoms with Crippen LogP contribution in [0.1, 0.15) is 12.5 Å². The predicted octanol–water partition coefficient (Wildman–Crippen LogP) is 2.52. The SMILES string of the molecule is C=C(C)C#Cc1ccccc1[N+](=O)[O-]. The quantitative estimate of drug-likeness (QED) is 0.385. The van der Waals surface area contributed by atoms with E-state index < -0.39 is 4.92 Å². The molecule has 0 aliphatic carbocycles. The van der Waals surface area contributed by atoms with Gasteiger partial charge in [-0.2, -0.15) is 0 Å². The van der Waals surface area contributed by atoms with Crippen LogP contribution in [-0.2, 0) is 0 Å². The summed E-state index contributed by atoms with van der Waals surface area (Å²) >= 11 is 0. The fraction of sp³-hybridized carbons (Fsp3) is 0.0909. The van der Waals surface area contributed by atoms with Gasteiger partial charge in [-0.25, -0.2) is 0 Å². The van der Waals surface area contributed by atoms with Gasteiger partial charge in [0.05, 0.1) is 4.92 Å². The first kappa shape index (κ1) is 10.0. The van der Waals surface area contributed by atoms with Crippen LogP contribution >= 0.6 is 0 Å². The van der Waals surface area contributed by atoms with Crippen LogP contribution in [0.15, 0.2) is 36.4 Å². The first-order valence-corrected chi connectivity index (χ1v) is 4.02. The number of hydrogen-bond donors (Lipinski definition) is 0. The molecule has 1 rings (SSSR count). The number of nitro benzene ring substituents is 1. The highest BCUT2D eigenvalue weighted by molar-refractivity contribution is 5.52. The summed E-state index contributed by atoms with van der Waals surface area (Å²) in [7, 11) is 0. The van der Waals surface area contributed by atoms with Crippen molar-refractivity contribution in [2.45, 2.75) is 6.92 Å². The fourth-order valence-corrected chi connectivity index (χ4v) is 0.913. The highest BCUT2D eigenvalue weighted by atomic mass is 16.6. The van der Waals surface area contributed by atoms with Crippen molar-refractivity contribution in [3.8, 4) is 11.8 Å². The maximum absolute atomic E-state index is 10.6. The standard InChI is InChI=1S/C11H9NO2/c1-9(2)7-8-10-5-3-4-6-11(10)12(13)14/h3-6H,1H2,2H3. The number of para-hydroxylation sites is 1. The largest absolute Gasteiger partial charge is 0.284 e. The van der Waals surface area contributed by atoms with Crippen LogP contribution in [-0.4, -0.2) is 4.92 Å². The zero-order chi connectivity index (χ0) is 10.6. The van der Waals surface area contributed by atoms with Gasteiger partial charge < -0.3 is 0 Å². The number of nitrogens with zero attached hydrogens (tertiary/aromatic N) is 1. The smallest absolute Gasteiger partial charge is 0.258 e. The molecule has 70 valence electrons. The molecule has 3 nitrogen and oxygen atoms in total. The topological polar surface area (TPSA) is 43.1 Å². The summed E-state index contributed by atoms with van der Waals surface area (Å²) in [6.45, 7) is 5.35. The molecule has 0 unspecified atom stereocenters. The highest BCUT2D eigenvalue weighted by Crippen LogP contribution is 2.15. The molecule has 0 saturated heterocycles. The van der Waals surface area contributed by atoms with Gasteiger partial charge in [-0.05, 0) is 18.6 Å². The lowest BCUT2D eigenvalue weighted by Crippen LogP contribution is -1.91. The van der Waals surface area contributed by atoms with Gasteiger partial charge in [-0.3, -0.25) is 10.1 Å². The normalized spacial score (nSPS) is 8.64. The molecule has 0 radical (unpaired) electrons. The minimum Gasteiger partial charge on any atom is -0.258 e. The van der Waals surface area contributed by atoms with Crippen LogP contribution in [0.2, 0.25) is 0 Å². The Morgan fingerprint density at radius 3 is 2.71 bits per heavy atom. The number of nitro groups is 1. The molecule has 0 aromatic heterocycles. The van der Waals surface area contributed by atoms with Gasteiger partial charge in [0.25, 0.3) is 5.69 Å². The molecule has 0 spiro atoms. The first-order chi connectivity index (χ1) is 6.61. The highest BCUT2D eigenvalue weighted by Gasteiger charge is 2.09. The fourth-order valence-electron chi connectivity index (χ4n) is 0.913. The Balaban J connectivity index is 3.16. The van der Waals surface area contributed by atoms with Crippen LogP contribution in [0.5, 0.6) is 0 Å². The van der Waals surface area contributed by atoms with Crippen molar-refractivity contribution in [2.75, 3.05) is 0 Å². The summed E-state index contributed by atoms with van der Waals surface area (Å²) in [6.07, 6.45) is 0. The maximum Gasteiger partial charge on any atom is 0.284 e. The Labute approximate surface area is 82.2 Å². The van der Waals surface area contributed by atoms with Gasteiger partial charge in [0.1, 0.15) is 5.56 Å². The molecule has 1 aromatic carbocycles. The minimum absolute atomic E-state index is 0.0289. The van der Waals surface area contributed by atoms with E-state index in [2.05, 4.69) is 18.4 Å². The van der Waals surface area contributed by atoms with E-state index in [0.717, 1.165) is 0 Å². The summed E-state index contributed by atoms with van der Waals surface area (Å²) in [5.41, 5.74) is 1.13. The van der Waals surface area contributed by atoms with E-state index in [1.54, 1.807) is 25.1 Å². The second-order valence-electron chi connectivity index (χ2n) is 2.80. The van der Waals surface area contributed by atoms with E-state index in [9.17, 15) is 10.1 Å². The monoisotopic (exact) mass is 187 g/mol. The van der Waals surface area contributed by atoms with E-state index in [0.29, 0.717) is 11.1 Å². The van der Waals surface area contributed by atoms with E-state index in [-0.39, 0.29) is 5.69 Å². The van der Waals surface area contributed by atoms with E-state index in [4.69, 9.17) is 0 Å². The Morgan fingerprint density at radius 2 is 2.14 bits per heavy atom. The molecule has 0 aliphatic rings. The molecule has 0 amide bonds. The summed E-state index contributed by atoms with van der Waals surface area (Å²) in [5, 5.41) is 10.6. The Morgan fingerprint density at radius 1 is 1.50 bits per heavy atom. The minimum atomic E-state index is -0.442. The molecule has 0 fully saturated rings.